The molecular weight excluding hydrogens is 500 g/mol. The van der Waals surface area contributed by atoms with Gasteiger partial charge in [-0.3, -0.25) is 4.79 Å². The minimum Gasteiger partial charge on any atom is -0.491 e. The van der Waals surface area contributed by atoms with Crippen molar-refractivity contribution >= 4 is 16.9 Å². The molecule has 198 valence electrons. The zero-order chi connectivity index (χ0) is 27.1. The van der Waals surface area contributed by atoms with Gasteiger partial charge >= 0.3 is 5.97 Å². The number of aliphatic hydroxyl groups is 1. The average molecular weight is 527 g/mol. The van der Waals surface area contributed by atoms with Crippen LogP contribution in [0.3, 0.4) is 0 Å². The van der Waals surface area contributed by atoms with Crippen molar-refractivity contribution in [2.75, 3.05) is 6.79 Å². The van der Waals surface area contributed by atoms with E-state index in [9.17, 15) is 14.7 Å². The zero-order valence-corrected chi connectivity index (χ0v) is 21.7. The van der Waals surface area contributed by atoms with Gasteiger partial charge in [-0.25, -0.2) is 9.78 Å². The van der Waals surface area contributed by atoms with E-state index < -0.39 is 11.6 Å². The third kappa shape index (κ3) is 3.39. The van der Waals surface area contributed by atoms with Crippen molar-refractivity contribution < 1.29 is 28.8 Å². The molecule has 9 nitrogen and oxygen atoms in total. The maximum Gasteiger partial charge on any atom is 0.343 e. The lowest BCUT2D eigenvalue weighted by molar-refractivity contribution is -0.172. The van der Waals surface area contributed by atoms with E-state index in [1.54, 1.807) is 17.6 Å². The maximum absolute atomic E-state index is 13.7. The molecule has 9 heteroatoms. The van der Waals surface area contributed by atoms with Gasteiger partial charge < -0.3 is 28.6 Å². The smallest absolute Gasteiger partial charge is 0.343 e. The molecule has 1 N–H and O–H groups in total. The first-order valence-electron chi connectivity index (χ1n) is 13.0. The molecule has 39 heavy (non-hydrogen) atoms. The number of rotatable bonds is 4. The van der Waals surface area contributed by atoms with Gasteiger partial charge in [-0.2, -0.15) is 0 Å². The fraction of sp³-hybridized carbons (Fsp3) is 0.300. The summed E-state index contributed by atoms with van der Waals surface area (Å²) in [6.07, 6.45) is 0.0854. The fourth-order valence-corrected chi connectivity index (χ4v) is 5.80. The highest BCUT2D eigenvalue weighted by Gasteiger charge is 2.45. The van der Waals surface area contributed by atoms with Crippen LogP contribution < -0.4 is 19.8 Å². The second-order valence-corrected chi connectivity index (χ2v) is 10.3. The molecule has 0 radical (unpaired) electrons. The predicted molar refractivity (Wildman–Crippen MR) is 142 cm³/mol. The van der Waals surface area contributed by atoms with Crippen LogP contribution in [0.5, 0.6) is 17.2 Å². The van der Waals surface area contributed by atoms with Gasteiger partial charge in [0.2, 0.25) is 6.79 Å². The molecule has 0 spiro atoms. The summed E-state index contributed by atoms with van der Waals surface area (Å²) in [5, 5.41) is 12.1. The Morgan fingerprint density at radius 2 is 1.87 bits per heavy atom. The Bertz CT molecular complexity index is 1770. The SMILES string of the molecule is CC[C@@]1(O)C(=O)OCc2c1cc1n(c2=O)Cc2c-1nc1cc3c(cc1c2-c1cccc(OC(C)C)c1)OCO3. The van der Waals surface area contributed by atoms with Crippen LogP contribution in [0.1, 0.15) is 43.9 Å². The van der Waals surface area contributed by atoms with Crippen LogP contribution in [0.15, 0.2) is 47.3 Å². The summed E-state index contributed by atoms with van der Waals surface area (Å²) in [5.41, 5.74) is 2.88. The molecule has 0 amide bonds. The molecule has 3 aliphatic rings. The van der Waals surface area contributed by atoms with Gasteiger partial charge in [0.05, 0.1) is 35.1 Å². The molecule has 0 saturated heterocycles. The molecule has 7 rings (SSSR count). The molecule has 2 aromatic carbocycles. The average Bonchev–Trinajstić information content (AvgIpc) is 3.52. The van der Waals surface area contributed by atoms with Crippen LogP contribution >= 0.6 is 0 Å². The molecular formula is C30H26N2O7. The molecule has 0 bridgehead atoms. The van der Waals surface area contributed by atoms with E-state index in [2.05, 4.69) is 0 Å². The fourth-order valence-electron chi connectivity index (χ4n) is 5.80. The minimum absolute atomic E-state index is 0.00497. The topological polar surface area (TPSA) is 109 Å². The number of cyclic esters (lactones) is 1. The zero-order valence-electron chi connectivity index (χ0n) is 21.7. The number of hydrogen-bond acceptors (Lipinski definition) is 8. The van der Waals surface area contributed by atoms with Gasteiger partial charge in [0.1, 0.15) is 12.4 Å². The maximum atomic E-state index is 13.7. The number of pyridine rings is 2. The Kier molecular flexibility index (Phi) is 5.06. The molecule has 4 aromatic rings. The van der Waals surface area contributed by atoms with Crippen molar-refractivity contribution in [1.82, 2.24) is 9.55 Å². The summed E-state index contributed by atoms with van der Waals surface area (Å²) in [6.45, 7) is 5.87. The van der Waals surface area contributed by atoms with Crippen molar-refractivity contribution in [3.8, 4) is 39.8 Å². The van der Waals surface area contributed by atoms with Crippen molar-refractivity contribution in [3.05, 3.63) is 69.5 Å². The van der Waals surface area contributed by atoms with Crippen molar-refractivity contribution in [1.29, 1.82) is 0 Å². The summed E-state index contributed by atoms with van der Waals surface area (Å²) in [5.74, 6) is 1.21. The largest absolute Gasteiger partial charge is 0.491 e. The van der Waals surface area contributed by atoms with Crippen molar-refractivity contribution in [2.45, 2.75) is 52.0 Å². The number of ether oxygens (including phenoxy) is 4. The third-order valence-corrected chi connectivity index (χ3v) is 7.68. The number of nitrogens with zero attached hydrogens (tertiary/aromatic N) is 2. The molecule has 0 unspecified atom stereocenters. The number of carbonyl (C=O) groups is 1. The van der Waals surface area contributed by atoms with Gasteiger partial charge in [-0.1, -0.05) is 19.1 Å². The first-order valence-corrected chi connectivity index (χ1v) is 13.0. The standard InChI is InChI=1S/C30H26N2O7/c1-4-30(35)21-10-23-27-19(12-32(23)28(33)20(21)13-36-29(30)34)26(16-6-5-7-17(8-16)39-15(2)3)18-9-24-25(38-14-37-24)11-22(18)31-27/h5-11,15,35H,4,12-14H2,1-3H3/t30-/m0/s1. The highest BCUT2D eigenvalue weighted by molar-refractivity contribution is 6.01. The lowest BCUT2D eigenvalue weighted by Crippen LogP contribution is -2.44. The normalized spacial score (nSPS) is 18.6. The Labute approximate surface area is 223 Å². The minimum atomic E-state index is -1.89. The highest BCUT2D eigenvalue weighted by Crippen LogP contribution is 2.46. The third-order valence-electron chi connectivity index (χ3n) is 7.68. The summed E-state index contributed by atoms with van der Waals surface area (Å²) in [6, 6.07) is 13.3. The number of aromatic nitrogens is 2. The van der Waals surface area contributed by atoms with E-state index >= 15 is 0 Å². The Morgan fingerprint density at radius 1 is 1.08 bits per heavy atom. The number of carbonyl (C=O) groups excluding carboxylic acids is 1. The van der Waals surface area contributed by atoms with Crippen LogP contribution in [-0.2, 0) is 28.3 Å². The molecule has 1 atom stereocenters. The van der Waals surface area contributed by atoms with E-state index in [1.165, 1.54) is 0 Å². The van der Waals surface area contributed by atoms with Crippen LogP contribution in [0.25, 0.3) is 33.4 Å². The van der Waals surface area contributed by atoms with Gasteiger partial charge in [0, 0.05) is 22.6 Å². The number of benzene rings is 2. The number of hydrogen-bond donors (Lipinski definition) is 1. The molecule has 0 saturated carbocycles. The van der Waals surface area contributed by atoms with Crippen molar-refractivity contribution in [3.63, 3.8) is 0 Å². The van der Waals surface area contributed by atoms with E-state index in [4.69, 9.17) is 23.9 Å². The van der Waals surface area contributed by atoms with Crippen LogP contribution in [0.4, 0.5) is 0 Å². The van der Waals surface area contributed by atoms with Gasteiger partial charge in [-0.05, 0) is 55.7 Å². The van der Waals surface area contributed by atoms with Gasteiger partial charge in [0.15, 0.2) is 17.1 Å². The van der Waals surface area contributed by atoms with Crippen LogP contribution in [0, 0.1) is 0 Å². The summed E-state index contributed by atoms with van der Waals surface area (Å²) in [4.78, 5) is 31.3. The summed E-state index contributed by atoms with van der Waals surface area (Å²) >= 11 is 0. The molecule has 2 aromatic heterocycles. The van der Waals surface area contributed by atoms with Gasteiger partial charge in [0.25, 0.3) is 5.56 Å². The second kappa shape index (κ2) is 8.31. The Hall–Kier alpha value is -4.37. The monoisotopic (exact) mass is 526 g/mol. The first-order chi connectivity index (χ1) is 18.8. The molecule has 3 aliphatic heterocycles. The Balaban J connectivity index is 1.52. The van der Waals surface area contributed by atoms with Crippen LogP contribution in [0.2, 0.25) is 0 Å². The van der Waals surface area contributed by atoms with E-state index in [0.29, 0.717) is 28.4 Å². The highest BCUT2D eigenvalue weighted by atomic mass is 16.7. The summed E-state index contributed by atoms with van der Waals surface area (Å²) < 4.78 is 24.2. The number of fused-ring (bicyclic) bond motifs is 6. The second-order valence-electron chi connectivity index (χ2n) is 10.3. The lowest BCUT2D eigenvalue weighted by atomic mass is 9.86. The lowest BCUT2D eigenvalue weighted by Gasteiger charge is -2.31. The number of esters is 1. The van der Waals surface area contributed by atoms with Crippen LogP contribution in [-0.4, -0.2) is 33.5 Å². The molecule has 0 aliphatic carbocycles. The predicted octanol–water partition coefficient (Wildman–Crippen LogP) is 4.26. The van der Waals surface area contributed by atoms with E-state index in [-0.39, 0.29) is 49.2 Å². The van der Waals surface area contributed by atoms with E-state index in [1.807, 2.05) is 50.2 Å². The van der Waals surface area contributed by atoms with Gasteiger partial charge in [-0.15, -0.1) is 0 Å². The quantitative estimate of drug-likeness (QED) is 0.346. The van der Waals surface area contributed by atoms with E-state index in [0.717, 1.165) is 27.8 Å². The summed E-state index contributed by atoms with van der Waals surface area (Å²) in [7, 11) is 0. The molecule has 0 fully saturated rings. The Morgan fingerprint density at radius 3 is 2.64 bits per heavy atom. The first kappa shape index (κ1) is 23.7. The van der Waals surface area contributed by atoms with Crippen molar-refractivity contribution in [2.24, 2.45) is 0 Å². The molecule has 5 heterocycles.